The molecule has 0 unspecified atom stereocenters. The fraction of sp³-hybridized carbons (Fsp3) is 0.240. The summed E-state index contributed by atoms with van der Waals surface area (Å²) in [5, 5.41) is 7.02. The fourth-order valence-corrected chi connectivity index (χ4v) is 5.49. The Kier molecular flexibility index (Phi) is 4.27. The Morgan fingerprint density at radius 1 is 0.897 bits per heavy atom. The lowest BCUT2D eigenvalue weighted by Gasteiger charge is -2.40. The first-order chi connectivity index (χ1) is 13.9. The van der Waals surface area contributed by atoms with Crippen molar-refractivity contribution in [1.29, 1.82) is 0 Å². The van der Waals surface area contributed by atoms with Crippen molar-refractivity contribution in [2.45, 2.75) is 32.6 Å². The number of anilines is 1. The number of halogens is 2. The van der Waals surface area contributed by atoms with Crippen LogP contribution < -0.4 is 5.32 Å². The first kappa shape index (κ1) is 18.7. The van der Waals surface area contributed by atoms with E-state index in [-0.39, 0.29) is 17.1 Å². The summed E-state index contributed by atoms with van der Waals surface area (Å²) in [6.07, 6.45) is 1.34. The highest BCUT2D eigenvalue weighted by atomic mass is 35.5. The van der Waals surface area contributed by atoms with Crippen LogP contribution in [0.5, 0.6) is 0 Å². The average Bonchev–Trinajstić information content (AvgIpc) is 2.65. The number of fused-ring (bicyclic) bond motifs is 3. The van der Waals surface area contributed by atoms with Gasteiger partial charge in [-0.15, -0.1) is 0 Å². The zero-order chi connectivity index (χ0) is 20.3. The summed E-state index contributed by atoms with van der Waals surface area (Å²) in [6, 6.07) is 18.0. The summed E-state index contributed by atoms with van der Waals surface area (Å²) in [7, 11) is 0. The minimum Gasteiger partial charge on any atom is -0.358 e. The Morgan fingerprint density at radius 2 is 1.62 bits per heavy atom. The first-order valence-corrected chi connectivity index (χ1v) is 10.6. The van der Waals surface area contributed by atoms with E-state index >= 15 is 0 Å². The predicted octanol–water partition coefficient (Wildman–Crippen LogP) is 7.35. The van der Waals surface area contributed by atoms with Crippen LogP contribution in [0.25, 0.3) is 10.8 Å². The van der Waals surface area contributed by atoms with Crippen LogP contribution >= 0.6 is 23.2 Å². The molecule has 4 heteroatoms. The van der Waals surface area contributed by atoms with E-state index in [1.165, 1.54) is 0 Å². The summed E-state index contributed by atoms with van der Waals surface area (Å²) in [5.41, 5.74) is 4.64. The van der Waals surface area contributed by atoms with Gasteiger partial charge in [-0.2, -0.15) is 0 Å². The van der Waals surface area contributed by atoms with E-state index in [9.17, 15) is 4.79 Å². The molecular formula is C25H21Cl2NO. The van der Waals surface area contributed by atoms with Gasteiger partial charge in [0.25, 0.3) is 0 Å². The molecule has 0 fully saturated rings. The van der Waals surface area contributed by atoms with Crippen molar-refractivity contribution in [2.75, 3.05) is 5.32 Å². The highest BCUT2D eigenvalue weighted by Crippen LogP contribution is 2.53. The Balaban J connectivity index is 1.87. The number of hydrogen-bond acceptors (Lipinski definition) is 2. The van der Waals surface area contributed by atoms with Gasteiger partial charge in [0.1, 0.15) is 0 Å². The smallest absolute Gasteiger partial charge is 0.162 e. The summed E-state index contributed by atoms with van der Waals surface area (Å²) in [4.78, 5) is 13.4. The molecule has 3 aromatic rings. The number of ketones is 1. The summed E-state index contributed by atoms with van der Waals surface area (Å²) < 4.78 is 0. The Hall–Kier alpha value is -2.29. The van der Waals surface area contributed by atoms with Gasteiger partial charge in [0.2, 0.25) is 0 Å². The van der Waals surface area contributed by atoms with Gasteiger partial charge in [-0.05, 0) is 46.4 Å². The monoisotopic (exact) mass is 421 g/mol. The lowest BCUT2D eigenvalue weighted by atomic mass is 9.68. The summed E-state index contributed by atoms with van der Waals surface area (Å²) in [6.45, 7) is 4.29. The van der Waals surface area contributed by atoms with Crippen molar-refractivity contribution in [3.05, 3.63) is 87.0 Å². The molecule has 1 heterocycles. The van der Waals surface area contributed by atoms with Crippen LogP contribution in [0.1, 0.15) is 43.7 Å². The third-order valence-electron chi connectivity index (χ3n) is 6.04. The third kappa shape index (κ3) is 2.97. The second kappa shape index (κ2) is 6.62. The largest absolute Gasteiger partial charge is 0.358 e. The summed E-state index contributed by atoms with van der Waals surface area (Å²) in [5.74, 6) is -0.111. The van der Waals surface area contributed by atoms with Gasteiger partial charge in [-0.25, -0.2) is 0 Å². The second-order valence-corrected chi connectivity index (χ2v) is 9.59. The maximum atomic E-state index is 13.4. The second-order valence-electron chi connectivity index (χ2n) is 8.77. The number of nitrogens with one attached hydrogen (secondary N) is 1. The van der Waals surface area contributed by atoms with E-state index < -0.39 is 0 Å². The quantitative estimate of drug-likeness (QED) is 0.444. The third-order valence-corrected chi connectivity index (χ3v) is 6.70. The van der Waals surface area contributed by atoms with Crippen LogP contribution in [0, 0.1) is 5.41 Å². The van der Waals surface area contributed by atoms with Gasteiger partial charge in [0.05, 0.1) is 0 Å². The molecule has 0 spiro atoms. The zero-order valence-electron chi connectivity index (χ0n) is 16.4. The van der Waals surface area contributed by atoms with Crippen LogP contribution in [-0.2, 0) is 4.79 Å². The van der Waals surface area contributed by atoms with Crippen molar-refractivity contribution in [3.63, 3.8) is 0 Å². The molecule has 1 aliphatic carbocycles. The van der Waals surface area contributed by atoms with Gasteiger partial charge in [0.15, 0.2) is 5.78 Å². The highest BCUT2D eigenvalue weighted by Gasteiger charge is 2.42. The molecule has 146 valence electrons. The van der Waals surface area contributed by atoms with E-state index in [0.29, 0.717) is 16.5 Å². The zero-order valence-corrected chi connectivity index (χ0v) is 17.9. The van der Waals surface area contributed by atoms with Crippen LogP contribution in [0.2, 0.25) is 10.0 Å². The first-order valence-electron chi connectivity index (χ1n) is 9.84. The lowest BCUT2D eigenvalue weighted by molar-refractivity contribution is -0.118. The van der Waals surface area contributed by atoms with E-state index in [1.807, 2.05) is 30.3 Å². The molecule has 5 rings (SSSR count). The molecular weight excluding hydrogens is 401 g/mol. The Labute approximate surface area is 180 Å². The van der Waals surface area contributed by atoms with E-state index in [1.54, 1.807) is 0 Å². The number of carbonyl (C=O) groups is 1. The number of carbonyl (C=O) groups excluding carboxylic acids is 1. The number of benzene rings is 3. The molecule has 3 aromatic carbocycles. The van der Waals surface area contributed by atoms with Gasteiger partial charge in [-0.1, -0.05) is 73.4 Å². The van der Waals surface area contributed by atoms with Crippen molar-refractivity contribution in [3.8, 4) is 0 Å². The number of Topliss-reactive ketones (excluding diaryl/α,β-unsaturated/α-hetero) is 1. The fourth-order valence-electron chi connectivity index (χ4n) is 4.88. The molecule has 2 aliphatic rings. The molecule has 29 heavy (non-hydrogen) atoms. The van der Waals surface area contributed by atoms with E-state index in [2.05, 4.69) is 43.4 Å². The average molecular weight is 422 g/mol. The molecule has 0 saturated carbocycles. The normalized spacial score (nSPS) is 20.3. The number of allylic oxidation sites excluding steroid dienone is 2. The standard InChI is InChI=1S/C25H21Cl2NO/c1-25(2)12-19-23(20(29)13-25)24(22-16(26)8-5-9-17(22)27)21-15-7-4-3-6-14(15)10-11-18(21)28-19/h3-11,24,28H,12-13H2,1-2H3/t24-/m0/s1. The Bertz CT molecular complexity index is 1190. The molecule has 1 atom stereocenters. The maximum Gasteiger partial charge on any atom is 0.162 e. The SMILES string of the molecule is CC1(C)CC(=O)C2=C(C1)Nc1ccc3ccccc3c1[C@H]2c1c(Cl)cccc1Cl. The summed E-state index contributed by atoms with van der Waals surface area (Å²) >= 11 is 13.4. The van der Waals surface area contributed by atoms with Crippen molar-refractivity contribution in [2.24, 2.45) is 5.41 Å². The van der Waals surface area contributed by atoms with Gasteiger partial charge in [0, 0.05) is 44.9 Å². The Morgan fingerprint density at radius 3 is 2.38 bits per heavy atom. The molecule has 0 amide bonds. The van der Waals surface area contributed by atoms with Crippen LogP contribution in [0.15, 0.2) is 65.9 Å². The van der Waals surface area contributed by atoms with Gasteiger partial charge in [-0.3, -0.25) is 4.79 Å². The molecule has 2 nitrogen and oxygen atoms in total. The van der Waals surface area contributed by atoms with Gasteiger partial charge >= 0.3 is 0 Å². The van der Waals surface area contributed by atoms with E-state index in [0.717, 1.165) is 45.3 Å². The van der Waals surface area contributed by atoms with Crippen LogP contribution in [-0.4, -0.2) is 5.78 Å². The van der Waals surface area contributed by atoms with E-state index in [4.69, 9.17) is 23.2 Å². The van der Waals surface area contributed by atoms with Gasteiger partial charge < -0.3 is 5.32 Å². The lowest BCUT2D eigenvalue weighted by Crippen LogP contribution is -2.34. The molecule has 0 bridgehead atoms. The van der Waals surface area contributed by atoms with Crippen molar-refractivity contribution in [1.82, 2.24) is 0 Å². The number of hydrogen-bond donors (Lipinski definition) is 1. The molecule has 0 radical (unpaired) electrons. The van der Waals surface area contributed by atoms with Crippen LogP contribution in [0.3, 0.4) is 0 Å². The predicted molar refractivity (Wildman–Crippen MR) is 121 cm³/mol. The molecule has 0 aromatic heterocycles. The maximum absolute atomic E-state index is 13.4. The highest BCUT2D eigenvalue weighted by molar-refractivity contribution is 6.36. The van der Waals surface area contributed by atoms with Crippen LogP contribution in [0.4, 0.5) is 5.69 Å². The molecule has 1 N–H and O–H groups in total. The molecule has 0 saturated heterocycles. The minimum absolute atomic E-state index is 0.0773. The number of rotatable bonds is 1. The minimum atomic E-state index is -0.280. The van der Waals surface area contributed by atoms with Crippen molar-refractivity contribution >= 4 is 45.4 Å². The molecule has 1 aliphatic heterocycles. The van der Waals surface area contributed by atoms with Crippen molar-refractivity contribution < 1.29 is 4.79 Å². The topological polar surface area (TPSA) is 29.1 Å².